The minimum absolute atomic E-state index is 0.183. The van der Waals surface area contributed by atoms with Gasteiger partial charge in [-0.05, 0) is 30.7 Å². The van der Waals surface area contributed by atoms with Crippen molar-refractivity contribution >= 4 is 11.8 Å². The van der Waals surface area contributed by atoms with Gasteiger partial charge in [-0.1, -0.05) is 25.3 Å². The van der Waals surface area contributed by atoms with Crippen LogP contribution in [0.2, 0.25) is 0 Å². The van der Waals surface area contributed by atoms with Crippen LogP contribution in [0.3, 0.4) is 0 Å². The molecule has 2 N–H and O–H groups in total. The molecule has 0 amide bonds. The van der Waals surface area contributed by atoms with E-state index in [4.69, 9.17) is 15.2 Å². The molecule has 1 saturated carbocycles. The number of thioether (sulfide) groups is 1. The molecular weight excluding hydrogens is 246 g/mol. The molecule has 18 heavy (non-hydrogen) atoms. The summed E-state index contributed by atoms with van der Waals surface area (Å²) in [6.45, 7) is 0.323. The molecule has 0 saturated heterocycles. The highest BCUT2D eigenvalue weighted by molar-refractivity contribution is 7.98. The lowest BCUT2D eigenvalue weighted by Crippen LogP contribution is -2.39. The summed E-state index contributed by atoms with van der Waals surface area (Å²) in [4.78, 5) is 1.16. The van der Waals surface area contributed by atoms with E-state index in [1.165, 1.54) is 24.8 Å². The van der Waals surface area contributed by atoms with E-state index in [1.807, 2.05) is 6.07 Å². The maximum absolute atomic E-state index is 6.64. The van der Waals surface area contributed by atoms with Crippen molar-refractivity contribution < 1.29 is 9.47 Å². The molecule has 1 aromatic carbocycles. The average Bonchev–Trinajstić information content (AvgIpc) is 2.86. The fourth-order valence-electron chi connectivity index (χ4n) is 2.99. The normalized spacial score (nSPS) is 21.0. The maximum Gasteiger partial charge on any atom is 0.231 e. The summed E-state index contributed by atoms with van der Waals surface area (Å²) < 4.78 is 11.0. The predicted molar refractivity (Wildman–Crippen MR) is 73.3 cm³/mol. The number of hydrogen-bond acceptors (Lipinski definition) is 4. The van der Waals surface area contributed by atoms with Crippen molar-refractivity contribution in [3.63, 3.8) is 0 Å². The fraction of sp³-hybridized carbons (Fsp3) is 0.571. The summed E-state index contributed by atoms with van der Waals surface area (Å²) >= 11 is 1.71. The zero-order valence-corrected chi connectivity index (χ0v) is 11.5. The van der Waals surface area contributed by atoms with Crippen LogP contribution in [0.1, 0.15) is 37.7 Å². The van der Waals surface area contributed by atoms with Gasteiger partial charge >= 0.3 is 0 Å². The quantitative estimate of drug-likeness (QED) is 0.834. The minimum atomic E-state index is -0.183. The number of benzene rings is 1. The molecule has 0 aromatic heterocycles. The molecule has 1 aliphatic carbocycles. The Bertz CT molecular complexity index is 455. The lowest BCUT2D eigenvalue weighted by molar-refractivity contribution is 0.172. The first kappa shape index (κ1) is 12.2. The highest BCUT2D eigenvalue weighted by Gasteiger charge is 2.34. The smallest absolute Gasteiger partial charge is 0.231 e. The summed E-state index contributed by atoms with van der Waals surface area (Å²) in [6, 6.07) is 4.13. The second-order valence-electron chi connectivity index (χ2n) is 5.10. The summed E-state index contributed by atoms with van der Waals surface area (Å²) in [6.07, 6.45) is 7.96. The molecule has 4 heteroatoms. The highest BCUT2D eigenvalue weighted by Crippen LogP contribution is 2.47. The number of hydrogen-bond donors (Lipinski definition) is 1. The Morgan fingerprint density at radius 3 is 2.67 bits per heavy atom. The number of ether oxygens (including phenoxy) is 2. The van der Waals surface area contributed by atoms with Crippen LogP contribution in [0.15, 0.2) is 17.0 Å². The second-order valence-corrected chi connectivity index (χ2v) is 5.91. The van der Waals surface area contributed by atoms with Crippen molar-refractivity contribution in [2.24, 2.45) is 5.73 Å². The van der Waals surface area contributed by atoms with Crippen LogP contribution < -0.4 is 15.2 Å². The average molecular weight is 265 g/mol. The summed E-state index contributed by atoms with van der Waals surface area (Å²) in [5, 5.41) is 0. The van der Waals surface area contributed by atoms with Crippen LogP contribution in [0, 0.1) is 0 Å². The van der Waals surface area contributed by atoms with Crippen molar-refractivity contribution in [3.8, 4) is 11.5 Å². The Kier molecular flexibility index (Phi) is 3.16. The fourth-order valence-corrected chi connectivity index (χ4v) is 3.83. The van der Waals surface area contributed by atoms with E-state index in [0.717, 1.165) is 29.2 Å². The molecule has 0 bridgehead atoms. The van der Waals surface area contributed by atoms with Gasteiger partial charge < -0.3 is 15.2 Å². The SMILES string of the molecule is CSc1c(C2(N)CCCCC2)ccc2c1OCO2. The van der Waals surface area contributed by atoms with Crippen LogP contribution >= 0.6 is 11.8 Å². The van der Waals surface area contributed by atoms with Gasteiger partial charge in [0.05, 0.1) is 4.90 Å². The van der Waals surface area contributed by atoms with E-state index in [9.17, 15) is 0 Å². The van der Waals surface area contributed by atoms with E-state index in [-0.39, 0.29) is 5.54 Å². The van der Waals surface area contributed by atoms with Gasteiger partial charge in [-0.15, -0.1) is 11.8 Å². The Morgan fingerprint density at radius 1 is 1.17 bits per heavy atom. The van der Waals surface area contributed by atoms with Gasteiger partial charge in [-0.3, -0.25) is 0 Å². The Balaban J connectivity index is 2.06. The zero-order valence-electron chi connectivity index (χ0n) is 10.7. The summed E-state index contributed by atoms with van der Waals surface area (Å²) in [7, 11) is 0. The van der Waals surface area contributed by atoms with E-state index in [1.54, 1.807) is 11.8 Å². The van der Waals surface area contributed by atoms with Crippen molar-refractivity contribution in [1.29, 1.82) is 0 Å². The lowest BCUT2D eigenvalue weighted by atomic mass is 9.77. The van der Waals surface area contributed by atoms with Crippen molar-refractivity contribution in [2.45, 2.75) is 42.5 Å². The van der Waals surface area contributed by atoms with Crippen LogP contribution in [-0.4, -0.2) is 13.0 Å². The lowest BCUT2D eigenvalue weighted by Gasteiger charge is -2.35. The first-order valence-corrected chi connectivity index (χ1v) is 7.73. The largest absolute Gasteiger partial charge is 0.454 e. The van der Waals surface area contributed by atoms with Crippen LogP contribution in [0.25, 0.3) is 0 Å². The van der Waals surface area contributed by atoms with E-state index in [0.29, 0.717) is 6.79 Å². The first-order chi connectivity index (χ1) is 8.74. The van der Waals surface area contributed by atoms with Crippen LogP contribution in [0.5, 0.6) is 11.5 Å². The molecule has 0 spiro atoms. The molecule has 98 valence electrons. The third-order valence-electron chi connectivity index (χ3n) is 3.98. The van der Waals surface area contributed by atoms with Gasteiger partial charge in [-0.25, -0.2) is 0 Å². The molecule has 0 unspecified atom stereocenters. The van der Waals surface area contributed by atoms with Crippen LogP contribution in [0.4, 0.5) is 0 Å². The van der Waals surface area contributed by atoms with Gasteiger partial charge in [0.2, 0.25) is 6.79 Å². The van der Waals surface area contributed by atoms with Gasteiger partial charge in [0.1, 0.15) is 0 Å². The molecule has 3 rings (SSSR count). The van der Waals surface area contributed by atoms with Gasteiger partial charge in [0.25, 0.3) is 0 Å². The standard InChI is InChI=1S/C14H19NO2S/c1-18-13-10(14(15)7-3-2-4-8-14)5-6-11-12(13)17-9-16-11/h5-6H,2-4,7-9,15H2,1H3. The minimum Gasteiger partial charge on any atom is -0.454 e. The van der Waals surface area contributed by atoms with E-state index >= 15 is 0 Å². The monoisotopic (exact) mass is 265 g/mol. The molecule has 1 heterocycles. The van der Waals surface area contributed by atoms with E-state index in [2.05, 4.69) is 12.3 Å². The Hall–Kier alpha value is -0.870. The first-order valence-electron chi connectivity index (χ1n) is 6.50. The van der Waals surface area contributed by atoms with Gasteiger partial charge in [-0.2, -0.15) is 0 Å². The molecule has 2 aliphatic rings. The van der Waals surface area contributed by atoms with Crippen molar-refractivity contribution in [1.82, 2.24) is 0 Å². The number of fused-ring (bicyclic) bond motifs is 1. The van der Waals surface area contributed by atoms with Gasteiger partial charge in [0.15, 0.2) is 11.5 Å². The third kappa shape index (κ3) is 1.88. The summed E-state index contributed by atoms with van der Waals surface area (Å²) in [5.74, 6) is 1.73. The Labute approximate surface area is 112 Å². The number of rotatable bonds is 2. The van der Waals surface area contributed by atoms with Gasteiger partial charge in [0, 0.05) is 5.54 Å². The molecule has 3 nitrogen and oxygen atoms in total. The Morgan fingerprint density at radius 2 is 1.94 bits per heavy atom. The summed E-state index contributed by atoms with van der Waals surface area (Å²) in [5.41, 5.74) is 7.69. The number of nitrogens with two attached hydrogens (primary N) is 1. The molecule has 1 fully saturated rings. The molecular formula is C14H19NO2S. The predicted octanol–water partition coefficient (Wildman–Crippen LogP) is 3.26. The molecule has 1 aliphatic heterocycles. The van der Waals surface area contributed by atoms with Crippen molar-refractivity contribution in [2.75, 3.05) is 13.0 Å². The third-order valence-corrected chi connectivity index (χ3v) is 4.79. The molecule has 0 radical (unpaired) electrons. The molecule has 0 atom stereocenters. The van der Waals surface area contributed by atoms with E-state index < -0.39 is 0 Å². The zero-order chi connectivity index (χ0) is 12.6. The van der Waals surface area contributed by atoms with Crippen LogP contribution in [-0.2, 0) is 5.54 Å². The second kappa shape index (κ2) is 4.67. The van der Waals surface area contributed by atoms with Crippen molar-refractivity contribution in [3.05, 3.63) is 17.7 Å². The maximum atomic E-state index is 6.64. The highest BCUT2D eigenvalue weighted by atomic mass is 32.2. The molecule has 1 aromatic rings. The topological polar surface area (TPSA) is 44.5 Å².